The first-order valence-corrected chi connectivity index (χ1v) is 9.65. The molecule has 2 aromatic rings. The van der Waals surface area contributed by atoms with E-state index in [9.17, 15) is 9.59 Å². The number of amides is 2. The van der Waals surface area contributed by atoms with Gasteiger partial charge in [-0.3, -0.25) is 9.59 Å². The maximum absolute atomic E-state index is 12.3. The number of carbonyl (C=O) groups is 2. The summed E-state index contributed by atoms with van der Waals surface area (Å²) < 4.78 is 10.3. The lowest BCUT2D eigenvalue weighted by Crippen LogP contribution is -2.27. The first-order valence-electron chi connectivity index (χ1n) is 8.83. The smallest absolute Gasteiger partial charge is 0.251 e. The molecular formula is C19H26N4O4S. The molecule has 0 radical (unpaired) electrons. The molecule has 2 amide bonds. The van der Waals surface area contributed by atoms with Gasteiger partial charge in [0.1, 0.15) is 16.5 Å². The van der Waals surface area contributed by atoms with Crippen LogP contribution in [0.5, 0.6) is 11.5 Å². The predicted molar refractivity (Wildman–Crippen MR) is 108 cm³/mol. The summed E-state index contributed by atoms with van der Waals surface area (Å²) in [5.41, 5.74) is 0.501. The molecule has 0 aliphatic rings. The summed E-state index contributed by atoms with van der Waals surface area (Å²) in [5, 5.41) is 14.9. The minimum Gasteiger partial charge on any atom is -0.497 e. The van der Waals surface area contributed by atoms with Gasteiger partial charge in [-0.25, -0.2) is 0 Å². The Bertz CT molecular complexity index is 807. The SMILES string of the molecule is COc1cc(OC)cc(C(=O)NCCC(=O)Nc2nnc(CC(C)(C)C)s2)c1. The van der Waals surface area contributed by atoms with E-state index in [0.717, 1.165) is 11.4 Å². The van der Waals surface area contributed by atoms with Gasteiger partial charge in [-0.05, 0) is 17.5 Å². The van der Waals surface area contributed by atoms with E-state index in [1.165, 1.54) is 25.6 Å². The van der Waals surface area contributed by atoms with Crippen molar-refractivity contribution in [1.29, 1.82) is 0 Å². The average molecular weight is 407 g/mol. The molecule has 0 aliphatic heterocycles. The number of hydrogen-bond acceptors (Lipinski definition) is 7. The lowest BCUT2D eigenvalue weighted by atomic mass is 9.93. The fourth-order valence-corrected chi connectivity index (χ4v) is 3.40. The molecule has 152 valence electrons. The summed E-state index contributed by atoms with van der Waals surface area (Å²) in [6, 6.07) is 4.89. The highest BCUT2D eigenvalue weighted by Crippen LogP contribution is 2.25. The predicted octanol–water partition coefficient (Wildman–Crippen LogP) is 2.90. The van der Waals surface area contributed by atoms with Crippen molar-refractivity contribution in [1.82, 2.24) is 15.5 Å². The zero-order valence-corrected chi connectivity index (χ0v) is 17.6. The second kappa shape index (κ2) is 9.50. The minimum absolute atomic E-state index is 0.105. The Morgan fingerprint density at radius 2 is 1.71 bits per heavy atom. The number of rotatable bonds is 8. The topological polar surface area (TPSA) is 102 Å². The van der Waals surface area contributed by atoms with Crippen molar-refractivity contribution in [2.45, 2.75) is 33.6 Å². The van der Waals surface area contributed by atoms with Crippen LogP contribution in [-0.2, 0) is 11.2 Å². The second-order valence-electron chi connectivity index (χ2n) is 7.39. The van der Waals surface area contributed by atoms with Crippen molar-refractivity contribution in [3.8, 4) is 11.5 Å². The Labute approximate surface area is 168 Å². The van der Waals surface area contributed by atoms with Gasteiger partial charge in [0.15, 0.2) is 0 Å². The largest absolute Gasteiger partial charge is 0.497 e. The van der Waals surface area contributed by atoms with E-state index in [-0.39, 0.29) is 30.2 Å². The van der Waals surface area contributed by atoms with Gasteiger partial charge >= 0.3 is 0 Å². The van der Waals surface area contributed by atoms with Gasteiger partial charge in [0.2, 0.25) is 11.0 Å². The molecule has 1 heterocycles. The van der Waals surface area contributed by atoms with Crippen LogP contribution in [0.2, 0.25) is 0 Å². The third kappa shape index (κ3) is 6.80. The van der Waals surface area contributed by atoms with Gasteiger partial charge in [0.05, 0.1) is 14.2 Å². The van der Waals surface area contributed by atoms with Gasteiger partial charge in [-0.1, -0.05) is 32.1 Å². The number of benzene rings is 1. The average Bonchev–Trinajstić information content (AvgIpc) is 3.05. The summed E-state index contributed by atoms with van der Waals surface area (Å²) in [6.45, 7) is 6.55. The van der Waals surface area contributed by atoms with Crippen molar-refractivity contribution in [2.75, 3.05) is 26.1 Å². The van der Waals surface area contributed by atoms with Crippen LogP contribution in [0.3, 0.4) is 0 Å². The van der Waals surface area contributed by atoms with Crippen LogP contribution in [0.4, 0.5) is 5.13 Å². The normalized spacial score (nSPS) is 11.0. The van der Waals surface area contributed by atoms with E-state index in [4.69, 9.17) is 9.47 Å². The molecule has 0 fully saturated rings. The zero-order valence-electron chi connectivity index (χ0n) is 16.8. The highest BCUT2D eigenvalue weighted by molar-refractivity contribution is 7.15. The number of methoxy groups -OCH3 is 2. The van der Waals surface area contributed by atoms with E-state index in [1.54, 1.807) is 18.2 Å². The number of carbonyl (C=O) groups excluding carboxylic acids is 2. The summed E-state index contributed by atoms with van der Waals surface area (Å²) in [7, 11) is 3.03. The Morgan fingerprint density at radius 3 is 2.29 bits per heavy atom. The number of nitrogens with zero attached hydrogens (tertiary/aromatic N) is 2. The molecule has 2 rings (SSSR count). The third-order valence-corrected chi connectivity index (χ3v) is 4.48. The highest BCUT2D eigenvalue weighted by Gasteiger charge is 2.16. The molecule has 0 saturated carbocycles. The Hall–Kier alpha value is -2.68. The van der Waals surface area contributed by atoms with Gasteiger partial charge < -0.3 is 20.1 Å². The number of aromatic nitrogens is 2. The Morgan fingerprint density at radius 1 is 1.07 bits per heavy atom. The van der Waals surface area contributed by atoms with Crippen LogP contribution in [0.25, 0.3) is 0 Å². The quantitative estimate of drug-likeness (QED) is 0.699. The fourth-order valence-electron chi connectivity index (χ4n) is 2.34. The standard InChI is InChI=1S/C19H26N4O4S/c1-19(2,3)11-16-22-23-18(28-16)21-15(24)6-7-20-17(25)12-8-13(26-4)10-14(9-12)27-5/h8-10H,6-7,11H2,1-5H3,(H,20,25)(H,21,23,24). The molecule has 0 unspecified atom stereocenters. The van der Waals surface area contributed by atoms with Crippen LogP contribution in [-0.4, -0.2) is 42.8 Å². The lowest BCUT2D eigenvalue weighted by molar-refractivity contribution is -0.116. The first-order chi connectivity index (χ1) is 13.2. The first kappa shape index (κ1) is 21.6. The van der Waals surface area contributed by atoms with Gasteiger partial charge in [0.25, 0.3) is 5.91 Å². The second-order valence-corrected chi connectivity index (χ2v) is 8.46. The fraction of sp³-hybridized carbons (Fsp3) is 0.474. The monoisotopic (exact) mass is 406 g/mol. The van der Waals surface area contributed by atoms with Crippen LogP contribution >= 0.6 is 11.3 Å². The molecule has 9 heteroatoms. The van der Waals surface area contributed by atoms with E-state index in [0.29, 0.717) is 22.2 Å². The number of hydrogen-bond donors (Lipinski definition) is 2. The summed E-state index contributed by atoms with van der Waals surface area (Å²) in [6.07, 6.45) is 0.918. The van der Waals surface area contributed by atoms with Crippen molar-refractivity contribution >= 4 is 28.3 Å². The molecule has 0 saturated heterocycles. The molecule has 8 nitrogen and oxygen atoms in total. The van der Waals surface area contributed by atoms with Gasteiger partial charge in [-0.15, -0.1) is 10.2 Å². The highest BCUT2D eigenvalue weighted by atomic mass is 32.1. The number of anilines is 1. The zero-order chi connectivity index (χ0) is 20.7. The summed E-state index contributed by atoms with van der Waals surface area (Å²) in [5.74, 6) is 0.490. The van der Waals surface area contributed by atoms with E-state index < -0.39 is 0 Å². The van der Waals surface area contributed by atoms with Crippen LogP contribution in [0, 0.1) is 5.41 Å². The van der Waals surface area contributed by atoms with Gasteiger partial charge in [0, 0.05) is 31.0 Å². The lowest BCUT2D eigenvalue weighted by Gasteiger charge is -2.14. The van der Waals surface area contributed by atoms with Gasteiger partial charge in [-0.2, -0.15) is 0 Å². The van der Waals surface area contributed by atoms with Crippen LogP contribution in [0.1, 0.15) is 42.6 Å². The van der Waals surface area contributed by atoms with Crippen molar-refractivity contribution < 1.29 is 19.1 Å². The summed E-state index contributed by atoms with van der Waals surface area (Å²) >= 11 is 1.36. The van der Waals surface area contributed by atoms with Crippen molar-refractivity contribution in [2.24, 2.45) is 5.41 Å². The van der Waals surface area contributed by atoms with Crippen LogP contribution < -0.4 is 20.1 Å². The van der Waals surface area contributed by atoms with E-state index >= 15 is 0 Å². The molecule has 0 aliphatic carbocycles. The maximum atomic E-state index is 12.3. The molecular weight excluding hydrogens is 380 g/mol. The molecule has 1 aromatic carbocycles. The Balaban J connectivity index is 1.83. The van der Waals surface area contributed by atoms with E-state index in [2.05, 4.69) is 41.6 Å². The molecule has 28 heavy (non-hydrogen) atoms. The Kier molecular flexibility index (Phi) is 7.33. The molecule has 2 N–H and O–H groups in total. The molecule has 0 spiro atoms. The summed E-state index contributed by atoms with van der Waals surface area (Å²) in [4.78, 5) is 24.3. The van der Waals surface area contributed by atoms with Crippen molar-refractivity contribution in [3.63, 3.8) is 0 Å². The van der Waals surface area contributed by atoms with Crippen molar-refractivity contribution in [3.05, 3.63) is 28.8 Å². The maximum Gasteiger partial charge on any atom is 0.251 e. The minimum atomic E-state index is -0.312. The molecule has 0 bridgehead atoms. The molecule has 0 atom stereocenters. The molecule has 1 aromatic heterocycles. The third-order valence-electron chi connectivity index (χ3n) is 3.65. The number of ether oxygens (including phenoxy) is 2. The van der Waals surface area contributed by atoms with E-state index in [1.807, 2.05) is 0 Å². The van der Waals surface area contributed by atoms with Crippen LogP contribution in [0.15, 0.2) is 18.2 Å². The number of nitrogens with one attached hydrogen (secondary N) is 2.